The van der Waals surface area contributed by atoms with Gasteiger partial charge in [0.15, 0.2) is 0 Å². The van der Waals surface area contributed by atoms with Crippen LogP contribution in [0.3, 0.4) is 0 Å². The second kappa shape index (κ2) is 5.20. The summed E-state index contributed by atoms with van der Waals surface area (Å²) in [5.41, 5.74) is 9.80. The normalized spacial score (nSPS) is 12.0. The Labute approximate surface area is 139 Å². The molecule has 2 heterocycles. The largest absolute Gasteiger partial charge is 0.397 e. The van der Waals surface area contributed by atoms with Gasteiger partial charge in [0.25, 0.3) is 5.91 Å². The maximum atomic E-state index is 12.4. The van der Waals surface area contributed by atoms with Gasteiger partial charge in [0.1, 0.15) is 9.71 Å². The number of hydrogen-bond acceptors (Lipinski definition) is 4. The molecule has 1 aromatic carbocycles. The molecule has 3 N–H and O–H groups in total. The van der Waals surface area contributed by atoms with Crippen LogP contribution in [-0.2, 0) is 0 Å². The van der Waals surface area contributed by atoms with Gasteiger partial charge in [-0.2, -0.15) is 0 Å². The molecule has 3 rings (SSSR count). The van der Waals surface area contributed by atoms with Crippen molar-refractivity contribution in [3.8, 4) is 0 Å². The lowest BCUT2D eigenvalue weighted by molar-refractivity contribution is 0.0924. The minimum Gasteiger partial charge on any atom is -0.397 e. The number of rotatable bonds is 1. The maximum absolute atomic E-state index is 12.4. The van der Waals surface area contributed by atoms with Gasteiger partial charge in [0.05, 0.1) is 11.2 Å². The number of thiophene rings is 1. The van der Waals surface area contributed by atoms with Crippen molar-refractivity contribution in [1.82, 2.24) is 10.3 Å². The van der Waals surface area contributed by atoms with E-state index in [0.717, 1.165) is 21.1 Å². The summed E-state index contributed by atoms with van der Waals surface area (Å²) >= 11 is 1.35. The van der Waals surface area contributed by atoms with Gasteiger partial charge in [0, 0.05) is 16.3 Å². The number of carbonyl (C=O) groups is 1. The van der Waals surface area contributed by atoms with Crippen LogP contribution >= 0.6 is 11.3 Å². The van der Waals surface area contributed by atoms with Crippen molar-refractivity contribution in [3.05, 3.63) is 34.2 Å². The number of nitrogens with two attached hydrogens (primary N) is 1. The quantitative estimate of drug-likeness (QED) is 0.704. The molecule has 0 aliphatic heterocycles. The number of pyridine rings is 1. The van der Waals surface area contributed by atoms with Crippen LogP contribution in [0.5, 0.6) is 0 Å². The molecule has 0 saturated carbocycles. The van der Waals surface area contributed by atoms with Crippen LogP contribution in [0.2, 0.25) is 0 Å². The molecule has 0 bridgehead atoms. The van der Waals surface area contributed by atoms with E-state index in [1.807, 2.05) is 26.8 Å². The first-order chi connectivity index (χ1) is 10.7. The molecule has 0 radical (unpaired) electrons. The third-order valence-electron chi connectivity index (χ3n) is 3.82. The zero-order valence-corrected chi connectivity index (χ0v) is 14.9. The van der Waals surface area contributed by atoms with Gasteiger partial charge in [-0.1, -0.05) is 0 Å². The van der Waals surface area contributed by atoms with Gasteiger partial charge in [-0.05, 0) is 63.9 Å². The zero-order valence-electron chi connectivity index (χ0n) is 14.1. The fourth-order valence-corrected chi connectivity index (χ4v) is 3.51. The number of nitrogen functional groups attached to an aromatic ring is 1. The summed E-state index contributed by atoms with van der Waals surface area (Å²) in [7, 11) is 0. The number of hydrogen-bond donors (Lipinski definition) is 2. The Kier molecular flexibility index (Phi) is 3.56. The number of fused-ring (bicyclic) bond motifs is 2. The van der Waals surface area contributed by atoms with Crippen molar-refractivity contribution < 1.29 is 4.79 Å². The fourth-order valence-electron chi connectivity index (χ4n) is 2.53. The summed E-state index contributed by atoms with van der Waals surface area (Å²) in [5.74, 6) is -0.144. The molecule has 23 heavy (non-hydrogen) atoms. The summed E-state index contributed by atoms with van der Waals surface area (Å²) < 4.78 is 0. The maximum Gasteiger partial charge on any atom is 0.263 e. The van der Waals surface area contributed by atoms with E-state index in [0.29, 0.717) is 10.6 Å². The van der Waals surface area contributed by atoms with E-state index in [4.69, 9.17) is 10.7 Å². The Balaban J connectivity index is 2.18. The van der Waals surface area contributed by atoms with Crippen molar-refractivity contribution in [3.63, 3.8) is 0 Å². The number of nitrogens with zero attached hydrogens (tertiary/aromatic N) is 1. The molecule has 120 valence electrons. The fraction of sp³-hybridized carbons (Fsp3) is 0.333. The Bertz CT molecular complexity index is 935. The van der Waals surface area contributed by atoms with E-state index in [1.54, 1.807) is 0 Å². The number of anilines is 1. The lowest BCUT2D eigenvalue weighted by Crippen LogP contribution is -2.40. The van der Waals surface area contributed by atoms with Crippen molar-refractivity contribution in [1.29, 1.82) is 0 Å². The molecule has 0 aliphatic carbocycles. The van der Waals surface area contributed by atoms with Crippen molar-refractivity contribution in [2.75, 3.05) is 5.73 Å². The summed E-state index contributed by atoms with van der Waals surface area (Å²) in [5, 5.41) is 4.86. The highest BCUT2D eigenvalue weighted by molar-refractivity contribution is 7.21. The SMILES string of the molecule is Cc1cc2cc3c(N)c(C(=O)NC(C)(C)C)sc3nc2cc1C. The zero-order chi connectivity index (χ0) is 16.9. The monoisotopic (exact) mass is 327 g/mol. The van der Waals surface area contributed by atoms with E-state index < -0.39 is 0 Å². The number of amides is 1. The van der Waals surface area contributed by atoms with Crippen molar-refractivity contribution >= 4 is 44.1 Å². The predicted octanol–water partition coefficient (Wildman–Crippen LogP) is 4.18. The van der Waals surface area contributed by atoms with Gasteiger partial charge in [0.2, 0.25) is 0 Å². The standard InChI is InChI=1S/C18H21N3OS/c1-9-6-11-8-12-14(19)15(16(22)21-18(3,4)5)23-17(12)20-13(11)7-10(9)2/h6-8H,19H2,1-5H3,(H,21,22). The van der Waals surface area contributed by atoms with Crippen LogP contribution < -0.4 is 11.1 Å². The van der Waals surface area contributed by atoms with Gasteiger partial charge >= 0.3 is 0 Å². The molecule has 5 heteroatoms. The Hall–Kier alpha value is -2.14. The topological polar surface area (TPSA) is 68.0 Å². The van der Waals surface area contributed by atoms with Crippen molar-refractivity contribution in [2.45, 2.75) is 40.2 Å². The molecular formula is C18H21N3OS. The van der Waals surface area contributed by atoms with E-state index in [2.05, 4.69) is 31.3 Å². The second-order valence-corrected chi connectivity index (χ2v) is 8.02. The highest BCUT2D eigenvalue weighted by Gasteiger charge is 2.21. The molecule has 4 nitrogen and oxygen atoms in total. The smallest absolute Gasteiger partial charge is 0.263 e. The molecule has 0 saturated heterocycles. The summed E-state index contributed by atoms with van der Waals surface area (Å²) in [6.45, 7) is 10.0. The van der Waals surface area contributed by atoms with Gasteiger partial charge < -0.3 is 11.1 Å². The minimum atomic E-state index is -0.300. The molecule has 2 aromatic heterocycles. The molecule has 0 fully saturated rings. The van der Waals surface area contributed by atoms with Gasteiger partial charge in [-0.25, -0.2) is 4.98 Å². The Morgan fingerprint density at radius 2 is 1.83 bits per heavy atom. The minimum absolute atomic E-state index is 0.144. The molecule has 0 spiro atoms. The first-order valence-electron chi connectivity index (χ1n) is 7.58. The van der Waals surface area contributed by atoms with E-state index in [1.165, 1.54) is 22.5 Å². The highest BCUT2D eigenvalue weighted by atomic mass is 32.1. The Morgan fingerprint density at radius 3 is 2.48 bits per heavy atom. The number of carbonyl (C=O) groups excluding carboxylic acids is 1. The van der Waals surface area contributed by atoms with E-state index in [9.17, 15) is 4.79 Å². The van der Waals surface area contributed by atoms with Crippen LogP contribution in [-0.4, -0.2) is 16.4 Å². The predicted molar refractivity (Wildman–Crippen MR) is 98.2 cm³/mol. The third kappa shape index (κ3) is 2.88. The Morgan fingerprint density at radius 1 is 1.17 bits per heavy atom. The number of aromatic nitrogens is 1. The summed E-state index contributed by atoms with van der Waals surface area (Å²) in [6, 6.07) is 6.22. The highest BCUT2D eigenvalue weighted by Crippen LogP contribution is 2.35. The van der Waals surface area contributed by atoms with Gasteiger partial charge in [-0.15, -0.1) is 11.3 Å². The van der Waals surface area contributed by atoms with Crippen LogP contribution in [0.1, 0.15) is 41.6 Å². The average Bonchev–Trinajstić information content (AvgIpc) is 2.73. The number of nitrogens with one attached hydrogen (secondary N) is 1. The molecular weight excluding hydrogens is 306 g/mol. The molecule has 0 aliphatic rings. The van der Waals surface area contributed by atoms with Crippen molar-refractivity contribution in [2.24, 2.45) is 0 Å². The lowest BCUT2D eigenvalue weighted by atomic mass is 10.1. The first-order valence-corrected chi connectivity index (χ1v) is 8.40. The number of benzene rings is 1. The van der Waals surface area contributed by atoms with Gasteiger partial charge in [-0.3, -0.25) is 4.79 Å². The van der Waals surface area contributed by atoms with Crippen LogP contribution in [0.15, 0.2) is 18.2 Å². The lowest BCUT2D eigenvalue weighted by Gasteiger charge is -2.19. The van der Waals surface area contributed by atoms with Crippen LogP contribution in [0.4, 0.5) is 5.69 Å². The van der Waals surface area contributed by atoms with Crippen LogP contribution in [0, 0.1) is 13.8 Å². The molecule has 0 atom stereocenters. The molecule has 1 amide bonds. The average molecular weight is 327 g/mol. The van der Waals surface area contributed by atoms with Crippen LogP contribution in [0.25, 0.3) is 21.1 Å². The number of aryl methyl sites for hydroxylation is 2. The summed E-state index contributed by atoms with van der Waals surface area (Å²) in [6.07, 6.45) is 0. The van der Waals surface area contributed by atoms with E-state index in [-0.39, 0.29) is 11.4 Å². The first kappa shape index (κ1) is 15.7. The second-order valence-electron chi connectivity index (χ2n) is 7.02. The summed E-state index contributed by atoms with van der Waals surface area (Å²) in [4.78, 5) is 18.5. The third-order valence-corrected chi connectivity index (χ3v) is 4.94. The molecule has 3 aromatic rings. The van der Waals surface area contributed by atoms with E-state index >= 15 is 0 Å². The molecule has 0 unspecified atom stereocenters.